The first kappa shape index (κ1) is 35.2. The minimum Gasteiger partial charge on any atom is -0.394 e. The second kappa shape index (κ2) is 16.0. The van der Waals surface area contributed by atoms with Crippen molar-refractivity contribution in [3.05, 3.63) is 60.4 Å². The van der Waals surface area contributed by atoms with Crippen molar-refractivity contribution >= 4 is 39.0 Å². The fourth-order valence-electron chi connectivity index (χ4n) is 8.94. The molecule has 0 saturated carbocycles. The Morgan fingerprint density at radius 2 is 1.02 bits per heavy atom. The highest BCUT2D eigenvalue weighted by atomic mass is 16.3. The largest absolute Gasteiger partial charge is 0.394 e. The molecule has 2 unspecified atom stereocenters. The highest BCUT2D eigenvalue weighted by molar-refractivity contribution is 5.90. The fraction of sp³-hybridized carbons (Fsp3) is 0.564. The number of nitrogens with one attached hydrogen (secondary N) is 2. The molecule has 2 aromatic heterocycles. The lowest BCUT2D eigenvalue weighted by Crippen LogP contribution is -2.61. The van der Waals surface area contributed by atoms with Crippen LogP contribution < -0.4 is 20.4 Å². The Bertz CT molecular complexity index is 1700. The van der Waals surface area contributed by atoms with E-state index in [1.165, 1.54) is 0 Å². The Kier molecular flexibility index (Phi) is 10.8. The van der Waals surface area contributed by atoms with Gasteiger partial charge >= 0.3 is 0 Å². The number of hydrogen-bond donors (Lipinski definition) is 4. The topological polar surface area (TPSA) is 146 Å². The van der Waals surface area contributed by atoms with Crippen LogP contribution in [0.1, 0.15) is 48.9 Å². The molecule has 0 bridgehead atoms. The van der Waals surface area contributed by atoms with Crippen LogP contribution in [0.2, 0.25) is 0 Å². The van der Waals surface area contributed by atoms with Gasteiger partial charge in [0.05, 0.1) is 47.7 Å². The number of aliphatic hydroxyl groups is 2. The van der Waals surface area contributed by atoms with Crippen LogP contribution in [0.5, 0.6) is 0 Å². The zero-order valence-corrected chi connectivity index (χ0v) is 30.0. The molecule has 13 nitrogen and oxygen atoms in total. The molecule has 4 aliphatic rings. The average Bonchev–Trinajstić information content (AvgIpc) is 3.21. The molecule has 2 atom stereocenters. The third kappa shape index (κ3) is 7.22. The molecule has 2 aromatic carbocycles. The van der Waals surface area contributed by atoms with E-state index in [0.717, 1.165) is 123 Å². The van der Waals surface area contributed by atoms with Gasteiger partial charge in [-0.15, -0.1) is 0 Å². The average molecular weight is 709 g/mol. The van der Waals surface area contributed by atoms with Crippen LogP contribution in [0.25, 0.3) is 21.8 Å². The van der Waals surface area contributed by atoms with Gasteiger partial charge < -0.3 is 30.6 Å². The van der Waals surface area contributed by atoms with Crippen molar-refractivity contribution in [3.63, 3.8) is 0 Å². The molecule has 8 rings (SSSR count). The Hall–Kier alpha value is -3.85. The van der Waals surface area contributed by atoms with Crippen molar-refractivity contribution in [1.29, 1.82) is 0 Å². The molecular formula is C39H52N10O3. The van der Waals surface area contributed by atoms with Crippen LogP contribution in [-0.2, 0) is 4.79 Å². The van der Waals surface area contributed by atoms with E-state index in [1.54, 1.807) is 12.7 Å². The molecule has 4 N–H and O–H groups in total. The number of nitrogens with zero attached hydrogens (tertiary/aromatic N) is 8. The highest BCUT2D eigenvalue weighted by Gasteiger charge is 2.37. The van der Waals surface area contributed by atoms with Crippen molar-refractivity contribution in [2.45, 2.75) is 49.6 Å². The van der Waals surface area contributed by atoms with Crippen molar-refractivity contribution in [1.82, 2.24) is 40.4 Å². The van der Waals surface area contributed by atoms with E-state index >= 15 is 0 Å². The second-order valence-corrected chi connectivity index (χ2v) is 14.8. The maximum atomic E-state index is 14.0. The molecular weight excluding hydrogens is 656 g/mol. The number of carbonyl (C=O) groups excluding carboxylic acids is 1. The number of rotatable bonds is 10. The Balaban J connectivity index is 0.875. The summed E-state index contributed by atoms with van der Waals surface area (Å²) in [4.78, 5) is 41.4. The summed E-state index contributed by atoms with van der Waals surface area (Å²) >= 11 is 0. The van der Waals surface area contributed by atoms with E-state index in [9.17, 15) is 15.0 Å². The molecule has 0 aliphatic carbocycles. The monoisotopic (exact) mass is 708 g/mol. The predicted molar refractivity (Wildman–Crippen MR) is 203 cm³/mol. The molecule has 4 saturated heterocycles. The number of Topliss-reactive ketones (excluding diaryl/α,β-unsaturated/α-hetero) is 1. The van der Waals surface area contributed by atoms with Crippen molar-refractivity contribution in [3.8, 4) is 0 Å². The van der Waals surface area contributed by atoms with Gasteiger partial charge in [-0.05, 0) is 88.3 Å². The lowest BCUT2D eigenvalue weighted by Gasteiger charge is -2.43. The lowest BCUT2D eigenvalue weighted by atomic mass is 9.92. The molecule has 52 heavy (non-hydrogen) atoms. The molecule has 0 radical (unpaired) electrons. The van der Waals surface area contributed by atoms with Crippen LogP contribution in [-0.4, -0.2) is 150 Å². The smallest absolute Gasteiger partial charge is 0.171 e. The number of carbonyl (C=O) groups is 1. The van der Waals surface area contributed by atoms with Gasteiger partial charge in [0.25, 0.3) is 0 Å². The summed E-state index contributed by atoms with van der Waals surface area (Å²) in [5, 5.41) is 30.1. The number of fused-ring (bicyclic) bond motifs is 2. The quantitative estimate of drug-likeness (QED) is 0.190. The standard InChI is InChI=1S/C39H52N10O3/c50-23-35(48-17-13-46(14-18-48)29-1-3-31-33(21-29)42-25-44-37(31)27-5-9-40-10-6-27)39(52)36(24-51)49-19-15-47(16-20-49)30-2-4-32-34(22-30)43-26-45-38(32)28-7-11-41-12-8-28/h1-4,21-22,25-28,35-36,40-41,50-51H,5-20,23-24H2. The summed E-state index contributed by atoms with van der Waals surface area (Å²) in [6.07, 6.45) is 7.76. The van der Waals surface area contributed by atoms with E-state index in [-0.39, 0.29) is 19.0 Å². The van der Waals surface area contributed by atoms with E-state index < -0.39 is 12.1 Å². The minimum atomic E-state index is -0.650. The Morgan fingerprint density at radius 1 is 0.615 bits per heavy atom. The number of piperazine rings is 2. The van der Waals surface area contributed by atoms with Gasteiger partial charge in [0, 0.05) is 86.3 Å². The summed E-state index contributed by atoms with van der Waals surface area (Å²) < 4.78 is 0. The van der Waals surface area contributed by atoms with Gasteiger partial charge in [0.2, 0.25) is 0 Å². The summed E-state index contributed by atoms with van der Waals surface area (Å²) in [6.45, 7) is 9.10. The zero-order chi connectivity index (χ0) is 35.4. The van der Waals surface area contributed by atoms with Gasteiger partial charge in [-0.1, -0.05) is 0 Å². The van der Waals surface area contributed by atoms with E-state index in [0.29, 0.717) is 38.0 Å². The van der Waals surface area contributed by atoms with Gasteiger partial charge in [-0.25, -0.2) is 19.9 Å². The van der Waals surface area contributed by atoms with Crippen LogP contribution in [0, 0.1) is 0 Å². The predicted octanol–water partition coefficient (Wildman–Crippen LogP) is 1.74. The number of aromatic nitrogens is 4. The van der Waals surface area contributed by atoms with Crippen LogP contribution in [0.4, 0.5) is 11.4 Å². The van der Waals surface area contributed by atoms with E-state index in [1.807, 2.05) is 0 Å². The number of hydrogen-bond acceptors (Lipinski definition) is 13. The normalized spacial score (nSPS) is 21.5. The second-order valence-electron chi connectivity index (χ2n) is 14.8. The van der Waals surface area contributed by atoms with Crippen molar-refractivity contribution in [2.24, 2.45) is 0 Å². The van der Waals surface area contributed by atoms with Crippen LogP contribution in [0.15, 0.2) is 49.1 Å². The molecule has 276 valence electrons. The number of ketones is 1. The molecule has 0 spiro atoms. The van der Waals surface area contributed by atoms with Gasteiger partial charge in [0.1, 0.15) is 12.7 Å². The van der Waals surface area contributed by atoms with Gasteiger partial charge in [-0.2, -0.15) is 0 Å². The third-order valence-electron chi connectivity index (χ3n) is 12.0. The SMILES string of the molecule is O=C(C(CO)N1CCN(c2ccc3c(C4CCNCC4)ncnc3c2)CC1)C(CO)N1CCN(c2ccc3c(C4CCNCC4)ncnc3c2)CC1. The first-order chi connectivity index (χ1) is 25.6. The number of benzene rings is 2. The summed E-state index contributed by atoms with van der Waals surface area (Å²) in [5.41, 5.74) is 6.46. The van der Waals surface area contributed by atoms with Gasteiger partial charge in [0.15, 0.2) is 5.78 Å². The third-order valence-corrected chi connectivity index (χ3v) is 12.0. The lowest BCUT2D eigenvalue weighted by molar-refractivity contribution is -0.133. The van der Waals surface area contributed by atoms with Gasteiger partial charge in [-0.3, -0.25) is 14.6 Å². The van der Waals surface area contributed by atoms with E-state index in [4.69, 9.17) is 0 Å². The number of aliphatic hydroxyl groups excluding tert-OH is 2. The Labute approximate surface area is 305 Å². The molecule has 13 heteroatoms. The highest BCUT2D eigenvalue weighted by Crippen LogP contribution is 2.33. The van der Waals surface area contributed by atoms with Crippen molar-refractivity contribution in [2.75, 3.05) is 102 Å². The maximum Gasteiger partial charge on any atom is 0.171 e. The number of piperidine rings is 2. The van der Waals surface area contributed by atoms with Crippen molar-refractivity contribution < 1.29 is 15.0 Å². The number of anilines is 2. The van der Waals surface area contributed by atoms with Crippen LogP contribution in [0.3, 0.4) is 0 Å². The first-order valence-corrected chi connectivity index (χ1v) is 19.3. The molecule has 4 fully saturated rings. The summed E-state index contributed by atoms with van der Waals surface area (Å²) in [5.74, 6) is 0.810. The Morgan fingerprint density at radius 3 is 1.40 bits per heavy atom. The minimum absolute atomic E-state index is 0.104. The summed E-state index contributed by atoms with van der Waals surface area (Å²) in [7, 11) is 0. The molecule has 4 aliphatic heterocycles. The van der Waals surface area contributed by atoms with Crippen LogP contribution >= 0.6 is 0 Å². The molecule has 0 amide bonds. The summed E-state index contributed by atoms with van der Waals surface area (Å²) in [6, 6.07) is 11.7. The maximum absolute atomic E-state index is 14.0. The zero-order valence-electron chi connectivity index (χ0n) is 30.0. The first-order valence-electron chi connectivity index (χ1n) is 19.3. The van der Waals surface area contributed by atoms with E-state index in [2.05, 4.69) is 86.6 Å². The fourth-order valence-corrected chi connectivity index (χ4v) is 8.94. The molecule has 6 heterocycles. The molecule has 4 aromatic rings.